The van der Waals surface area contributed by atoms with Crippen LogP contribution < -0.4 is 11.1 Å². The summed E-state index contributed by atoms with van der Waals surface area (Å²) in [6.45, 7) is 0. The number of nitrogens with zero attached hydrogens (tertiary/aromatic N) is 1. The molecule has 0 aliphatic carbocycles. The molecule has 0 atom stereocenters. The lowest BCUT2D eigenvalue weighted by Crippen LogP contribution is -2.20. The first-order chi connectivity index (χ1) is 6.80. The molecule has 8 heteroatoms. The predicted molar refractivity (Wildman–Crippen MR) is 57.3 cm³/mol. The summed E-state index contributed by atoms with van der Waals surface area (Å²) in [4.78, 5) is 3.22. The van der Waals surface area contributed by atoms with Crippen molar-refractivity contribution in [1.29, 1.82) is 0 Å². The van der Waals surface area contributed by atoms with Crippen molar-refractivity contribution in [3.63, 3.8) is 0 Å². The molecule has 15 heavy (non-hydrogen) atoms. The van der Waals surface area contributed by atoms with E-state index in [0.29, 0.717) is 4.47 Å². The van der Waals surface area contributed by atoms with Crippen LogP contribution in [0.15, 0.2) is 16.7 Å². The van der Waals surface area contributed by atoms with Crippen LogP contribution in [0.1, 0.15) is 5.69 Å². The zero-order valence-corrected chi connectivity index (χ0v) is 9.50. The molecule has 1 aromatic heterocycles. The third-order valence-electron chi connectivity index (χ3n) is 1.40. The van der Waals surface area contributed by atoms with Gasteiger partial charge in [-0.25, -0.2) is 0 Å². The molecular formula is C7H5BrF3N3S. The van der Waals surface area contributed by atoms with Crippen LogP contribution in [0, 0.1) is 0 Å². The second-order valence-corrected chi connectivity index (χ2v) is 3.83. The minimum absolute atomic E-state index is 0.116. The van der Waals surface area contributed by atoms with Gasteiger partial charge in [0.1, 0.15) is 5.69 Å². The van der Waals surface area contributed by atoms with Crippen LogP contribution in [0.5, 0.6) is 0 Å². The van der Waals surface area contributed by atoms with Crippen LogP contribution in [-0.2, 0) is 6.18 Å². The van der Waals surface area contributed by atoms with Gasteiger partial charge in [-0.1, -0.05) is 0 Å². The number of nitrogens with one attached hydrogen (secondary N) is 1. The van der Waals surface area contributed by atoms with Gasteiger partial charge in [0.05, 0.1) is 10.2 Å². The lowest BCUT2D eigenvalue weighted by Gasteiger charge is -2.10. The number of anilines is 1. The lowest BCUT2D eigenvalue weighted by atomic mass is 10.3. The first kappa shape index (κ1) is 12.2. The van der Waals surface area contributed by atoms with Gasteiger partial charge in [0.15, 0.2) is 5.11 Å². The molecule has 0 radical (unpaired) electrons. The topological polar surface area (TPSA) is 50.9 Å². The number of rotatable bonds is 1. The fraction of sp³-hybridized carbons (Fsp3) is 0.143. The Morgan fingerprint density at radius 2 is 2.13 bits per heavy atom. The highest BCUT2D eigenvalue weighted by Crippen LogP contribution is 2.31. The summed E-state index contributed by atoms with van der Waals surface area (Å²) in [5.74, 6) is 0. The van der Waals surface area contributed by atoms with Crippen molar-refractivity contribution in [3.05, 3.63) is 22.4 Å². The van der Waals surface area contributed by atoms with Gasteiger partial charge in [0.2, 0.25) is 0 Å². The van der Waals surface area contributed by atoms with Gasteiger partial charge in [-0.2, -0.15) is 13.2 Å². The fourth-order valence-electron chi connectivity index (χ4n) is 0.822. The first-order valence-electron chi connectivity index (χ1n) is 3.60. The number of thiocarbonyl (C=S) groups is 1. The Hall–Kier alpha value is -0.890. The molecule has 1 heterocycles. The summed E-state index contributed by atoms with van der Waals surface area (Å²) < 4.78 is 37.2. The molecule has 0 bridgehead atoms. The molecule has 0 saturated heterocycles. The van der Waals surface area contributed by atoms with E-state index < -0.39 is 11.9 Å². The van der Waals surface area contributed by atoms with Gasteiger partial charge in [-0.15, -0.1) is 0 Å². The molecule has 0 aromatic carbocycles. The fourth-order valence-corrected chi connectivity index (χ4v) is 1.25. The van der Waals surface area contributed by atoms with Crippen LogP contribution in [0.2, 0.25) is 0 Å². The van der Waals surface area contributed by atoms with E-state index in [1.54, 1.807) is 0 Å². The van der Waals surface area contributed by atoms with E-state index in [4.69, 9.17) is 5.73 Å². The second-order valence-electron chi connectivity index (χ2n) is 2.54. The maximum Gasteiger partial charge on any atom is 0.433 e. The number of pyridine rings is 1. The number of nitrogens with two attached hydrogens (primary N) is 1. The average molecular weight is 300 g/mol. The number of hydrogen-bond donors (Lipinski definition) is 2. The van der Waals surface area contributed by atoms with Crippen LogP contribution in [0.4, 0.5) is 18.9 Å². The number of hydrogen-bond acceptors (Lipinski definition) is 2. The summed E-state index contributed by atoms with van der Waals surface area (Å²) >= 11 is 7.54. The zero-order chi connectivity index (χ0) is 11.6. The lowest BCUT2D eigenvalue weighted by molar-refractivity contribution is -0.141. The normalized spacial score (nSPS) is 11.2. The molecule has 0 aliphatic rings. The Bertz CT molecular complexity index is 394. The van der Waals surface area contributed by atoms with Crippen molar-refractivity contribution in [2.45, 2.75) is 6.18 Å². The Morgan fingerprint density at radius 3 is 2.60 bits per heavy atom. The molecule has 3 N–H and O–H groups in total. The second kappa shape index (κ2) is 4.31. The van der Waals surface area contributed by atoms with Gasteiger partial charge in [0, 0.05) is 6.20 Å². The van der Waals surface area contributed by atoms with Gasteiger partial charge in [-0.3, -0.25) is 4.98 Å². The highest BCUT2D eigenvalue weighted by Gasteiger charge is 2.32. The minimum atomic E-state index is -4.49. The maximum absolute atomic E-state index is 12.3. The molecule has 0 saturated carbocycles. The van der Waals surface area contributed by atoms with Gasteiger partial charge >= 0.3 is 6.18 Å². The number of aromatic nitrogens is 1. The molecule has 1 aromatic rings. The summed E-state index contributed by atoms with van der Waals surface area (Å²) in [6, 6.07) is 0.823. The van der Waals surface area contributed by atoms with Crippen molar-refractivity contribution in [2.75, 3.05) is 5.32 Å². The number of alkyl halides is 3. The SMILES string of the molecule is NC(=S)Nc1cc(C(F)(F)F)ncc1Br. The summed E-state index contributed by atoms with van der Waals surface area (Å²) in [5.41, 5.74) is 4.27. The van der Waals surface area contributed by atoms with Crippen LogP contribution in [0.3, 0.4) is 0 Å². The average Bonchev–Trinajstić information content (AvgIpc) is 2.06. The molecule has 0 fully saturated rings. The number of halogens is 4. The van der Waals surface area contributed by atoms with Crippen molar-refractivity contribution < 1.29 is 13.2 Å². The molecule has 3 nitrogen and oxygen atoms in total. The van der Waals surface area contributed by atoms with Crippen molar-refractivity contribution >= 4 is 38.9 Å². The van der Waals surface area contributed by atoms with E-state index in [-0.39, 0.29) is 10.8 Å². The van der Waals surface area contributed by atoms with Crippen molar-refractivity contribution in [2.24, 2.45) is 5.73 Å². The van der Waals surface area contributed by atoms with E-state index in [1.807, 2.05) is 0 Å². The van der Waals surface area contributed by atoms with Gasteiger partial charge < -0.3 is 11.1 Å². The Labute approximate surface area is 97.0 Å². The molecular weight excluding hydrogens is 295 g/mol. The Kier molecular flexibility index (Phi) is 3.50. The summed E-state index contributed by atoms with van der Waals surface area (Å²) in [5, 5.41) is 2.29. The summed E-state index contributed by atoms with van der Waals surface area (Å²) in [7, 11) is 0. The standard InChI is InChI=1S/C7H5BrF3N3S/c8-3-2-13-5(7(9,10)11)1-4(3)14-6(12)15/h1-2H,(H3,12,13,14,15). The van der Waals surface area contributed by atoms with Gasteiger partial charge in [-0.05, 0) is 34.2 Å². The van der Waals surface area contributed by atoms with Crippen LogP contribution in [-0.4, -0.2) is 10.1 Å². The maximum atomic E-state index is 12.3. The van der Waals surface area contributed by atoms with E-state index >= 15 is 0 Å². The third-order valence-corrected chi connectivity index (χ3v) is 2.14. The summed E-state index contributed by atoms with van der Waals surface area (Å²) in [6.07, 6.45) is -3.46. The molecule has 0 unspecified atom stereocenters. The van der Waals surface area contributed by atoms with Crippen LogP contribution in [0.25, 0.3) is 0 Å². The molecule has 1 rings (SSSR count). The predicted octanol–water partition coefficient (Wildman–Crippen LogP) is 2.52. The van der Waals surface area contributed by atoms with Crippen LogP contribution >= 0.6 is 28.1 Å². The van der Waals surface area contributed by atoms with Gasteiger partial charge in [0.25, 0.3) is 0 Å². The largest absolute Gasteiger partial charge is 0.433 e. The molecule has 0 spiro atoms. The Morgan fingerprint density at radius 1 is 1.53 bits per heavy atom. The van der Waals surface area contributed by atoms with Crippen molar-refractivity contribution in [1.82, 2.24) is 4.98 Å². The monoisotopic (exact) mass is 299 g/mol. The third kappa shape index (κ3) is 3.31. The highest BCUT2D eigenvalue weighted by molar-refractivity contribution is 9.10. The highest BCUT2D eigenvalue weighted by atomic mass is 79.9. The van der Waals surface area contributed by atoms with Crippen molar-refractivity contribution in [3.8, 4) is 0 Å². The molecule has 0 amide bonds. The van der Waals surface area contributed by atoms with E-state index in [2.05, 4.69) is 38.4 Å². The molecule has 0 aliphatic heterocycles. The van der Waals surface area contributed by atoms with E-state index in [1.165, 1.54) is 0 Å². The Balaban J connectivity index is 3.11. The van der Waals surface area contributed by atoms with E-state index in [9.17, 15) is 13.2 Å². The zero-order valence-electron chi connectivity index (χ0n) is 7.10. The smallest absolute Gasteiger partial charge is 0.376 e. The molecule has 82 valence electrons. The van der Waals surface area contributed by atoms with E-state index in [0.717, 1.165) is 12.3 Å². The quantitative estimate of drug-likeness (QED) is 0.783. The first-order valence-corrected chi connectivity index (χ1v) is 4.80. The minimum Gasteiger partial charge on any atom is -0.376 e.